The van der Waals surface area contributed by atoms with E-state index in [1.807, 2.05) is 0 Å². The number of amides is 1. The van der Waals surface area contributed by atoms with Crippen LogP contribution in [0, 0.1) is 17.5 Å². The maximum absolute atomic E-state index is 13.7. The third-order valence-electron chi connectivity index (χ3n) is 3.75. The number of hydrogen-bond acceptors (Lipinski definition) is 2. The molecule has 0 fully saturated rings. The number of alkyl halides is 3. The Hall–Kier alpha value is -2.94. The highest BCUT2D eigenvalue weighted by molar-refractivity contribution is 6.22. The van der Waals surface area contributed by atoms with Gasteiger partial charge in [0.2, 0.25) is 0 Å². The van der Waals surface area contributed by atoms with Crippen molar-refractivity contribution in [2.75, 3.05) is 5.32 Å². The van der Waals surface area contributed by atoms with Gasteiger partial charge in [0.1, 0.15) is 17.5 Å². The van der Waals surface area contributed by atoms with E-state index in [1.54, 1.807) is 0 Å². The van der Waals surface area contributed by atoms with E-state index >= 15 is 0 Å². The zero-order valence-electron chi connectivity index (χ0n) is 14.1. The molecule has 0 saturated heterocycles. The van der Waals surface area contributed by atoms with Gasteiger partial charge in [-0.3, -0.25) is 9.48 Å². The first-order chi connectivity index (χ1) is 13.0. The van der Waals surface area contributed by atoms with Crippen LogP contribution in [-0.4, -0.2) is 15.7 Å². The Morgan fingerprint density at radius 3 is 2.32 bits per heavy atom. The monoisotopic (exact) mass is 415 g/mol. The molecular formula is C18H11ClF5N3O. The number of hydrogen-bond donors (Lipinski definition) is 1. The summed E-state index contributed by atoms with van der Waals surface area (Å²) in [7, 11) is 1.31. The standard InChI is InChI=1S/C18H11ClF5N3O/c1-27-8-14(16(26-27)18(19,23)24)17(28)25-15-7-10(20)2-3-13(15)9-4-11(21)6-12(22)5-9/h2-8H,1H3,(H,25,28). The molecule has 1 heterocycles. The number of carbonyl (C=O) groups is 1. The molecule has 0 radical (unpaired) electrons. The van der Waals surface area contributed by atoms with Gasteiger partial charge in [0, 0.05) is 24.9 Å². The summed E-state index contributed by atoms with van der Waals surface area (Å²) < 4.78 is 68.7. The van der Waals surface area contributed by atoms with Crippen molar-refractivity contribution in [2.24, 2.45) is 7.05 Å². The van der Waals surface area contributed by atoms with E-state index in [2.05, 4.69) is 10.4 Å². The molecule has 0 aliphatic rings. The van der Waals surface area contributed by atoms with E-state index in [4.69, 9.17) is 11.6 Å². The minimum atomic E-state index is -3.91. The van der Waals surface area contributed by atoms with E-state index < -0.39 is 40.0 Å². The average molecular weight is 416 g/mol. The summed E-state index contributed by atoms with van der Waals surface area (Å²) in [5, 5.41) is 1.82. The molecule has 10 heteroatoms. The Balaban J connectivity index is 2.04. The van der Waals surface area contributed by atoms with Crippen LogP contribution in [0.1, 0.15) is 16.1 Å². The van der Waals surface area contributed by atoms with Gasteiger partial charge in [0.15, 0.2) is 5.69 Å². The highest BCUT2D eigenvalue weighted by atomic mass is 35.5. The van der Waals surface area contributed by atoms with Crippen LogP contribution in [0.4, 0.5) is 27.6 Å². The molecule has 28 heavy (non-hydrogen) atoms. The molecule has 1 N–H and O–H groups in total. The zero-order valence-corrected chi connectivity index (χ0v) is 14.9. The number of rotatable bonds is 4. The van der Waals surface area contributed by atoms with E-state index in [1.165, 1.54) is 13.1 Å². The number of carbonyl (C=O) groups excluding carboxylic acids is 1. The van der Waals surface area contributed by atoms with Crippen molar-refractivity contribution < 1.29 is 26.7 Å². The molecule has 0 unspecified atom stereocenters. The SMILES string of the molecule is Cn1cc(C(=O)Nc2cc(F)ccc2-c2cc(F)cc(F)c2)c(C(F)(F)Cl)n1. The predicted molar refractivity (Wildman–Crippen MR) is 92.7 cm³/mol. The Bertz CT molecular complexity index is 1040. The van der Waals surface area contributed by atoms with Gasteiger partial charge < -0.3 is 5.32 Å². The van der Waals surface area contributed by atoms with E-state index in [0.29, 0.717) is 6.07 Å². The highest BCUT2D eigenvalue weighted by Gasteiger charge is 2.36. The fourth-order valence-electron chi connectivity index (χ4n) is 2.63. The largest absolute Gasteiger partial charge is 0.367 e. The van der Waals surface area contributed by atoms with E-state index in [0.717, 1.165) is 35.1 Å². The molecule has 3 rings (SSSR count). The van der Waals surface area contributed by atoms with Gasteiger partial charge >= 0.3 is 5.38 Å². The fraction of sp³-hybridized carbons (Fsp3) is 0.111. The number of anilines is 1. The van der Waals surface area contributed by atoms with Crippen molar-refractivity contribution in [3.05, 3.63) is 71.3 Å². The molecule has 0 spiro atoms. The van der Waals surface area contributed by atoms with Crippen LogP contribution in [0.15, 0.2) is 42.6 Å². The van der Waals surface area contributed by atoms with Gasteiger partial charge in [-0.25, -0.2) is 13.2 Å². The van der Waals surface area contributed by atoms with E-state index in [-0.39, 0.29) is 16.8 Å². The maximum Gasteiger partial charge on any atom is 0.367 e. The van der Waals surface area contributed by atoms with Crippen LogP contribution in [0.2, 0.25) is 0 Å². The lowest BCUT2D eigenvalue weighted by atomic mass is 10.0. The summed E-state index contributed by atoms with van der Waals surface area (Å²) in [6.45, 7) is 0. The van der Waals surface area contributed by atoms with Crippen LogP contribution in [0.25, 0.3) is 11.1 Å². The van der Waals surface area contributed by atoms with Crippen LogP contribution < -0.4 is 5.32 Å². The second-order valence-corrected chi connectivity index (χ2v) is 6.34. The lowest BCUT2D eigenvalue weighted by Crippen LogP contribution is -2.17. The number of benzene rings is 2. The Labute approximate surface area is 160 Å². The Morgan fingerprint density at radius 1 is 1.07 bits per heavy atom. The second-order valence-electron chi connectivity index (χ2n) is 5.86. The summed E-state index contributed by atoms with van der Waals surface area (Å²) >= 11 is 4.98. The van der Waals surface area contributed by atoms with Gasteiger partial charge in [-0.05, 0) is 47.5 Å². The molecule has 4 nitrogen and oxygen atoms in total. The van der Waals surface area contributed by atoms with Gasteiger partial charge in [0.25, 0.3) is 5.91 Å². The summed E-state index contributed by atoms with van der Waals surface area (Å²) in [6, 6.07) is 5.72. The first kappa shape index (κ1) is 19.8. The quantitative estimate of drug-likeness (QED) is 0.479. The summed E-state index contributed by atoms with van der Waals surface area (Å²) in [5.74, 6) is -3.57. The molecule has 2 aromatic carbocycles. The van der Waals surface area contributed by atoms with E-state index in [9.17, 15) is 26.7 Å². The summed E-state index contributed by atoms with van der Waals surface area (Å²) in [6.07, 6.45) is 1.02. The number of nitrogens with one attached hydrogen (secondary N) is 1. The molecule has 0 atom stereocenters. The van der Waals surface area contributed by atoms with Gasteiger partial charge in [-0.2, -0.15) is 13.9 Å². The lowest BCUT2D eigenvalue weighted by Gasteiger charge is -2.13. The Kier molecular flexibility index (Phi) is 5.12. The number of aromatic nitrogens is 2. The fourth-order valence-corrected chi connectivity index (χ4v) is 2.77. The van der Waals surface area contributed by atoms with Gasteiger partial charge in [0.05, 0.1) is 11.3 Å². The maximum atomic E-state index is 13.7. The van der Waals surface area contributed by atoms with Crippen molar-refractivity contribution in [1.82, 2.24) is 9.78 Å². The zero-order chi connectivity index (χ0) is 20.6. The normalized spacial score (nSPS) is 11.5. The van der Waals surface area contributed by atoms with Crippen LogP contribution in [-0.2, 0) is 12.4 Å². The first-order valence-electron chi connectivity index (χ1n) is 7.73. The average Bonchev–Trinajstić information content (AvgIpc) is 2.96. The number of halogens is 6. The molecular weight excluding hydrogens is 405 g/mol. The summed E-state index contributed by atoms with van der Waals surface area (Å²) in [5.41, 5.74) is -1.60. The number of nitrogens with zero attached hydrogens (tertiary/aromatic N) is 2. The summed E-state index contributed by atoms with van der Waals surface area (Å²) in [4.78, 5) is 12.5. The molecule has 1 amide bonds. The topological polar surface area (TPSA) is 46.9 Å². The minimum absolute atomic E-state index is 0.0156. The molecule has 0 aliphatic heterocycles. The second kappa shape index (κ2) is 7.23. The lowest BCUT2D eigenvalue weighted by molar-refractivity contribution is 0.0849. The van der Waals surface area contributed by atoms with Gasteiger partial charge in [-0.15, -0.1) is 0 Å². The molecule has 0 saturated carbocycles. The van der Waals surface area contributed by atoms with Crippen molar-refractivity contribution >= 4 is 23.2 Å². The Morgan fingerprint density at radius 2 is 1.71 bits per heavy atom. The third kappa shape index (κ3) is 4.14. The van der Waals surface area contributed by atoms with Gasteiger partial charge in [-0.1, -0.05) is 0 Å². The number of aryl methyl sites for hydroxylation is 1. The van der Waals surface area contributed by atoms with Crippen LogP contribution >= 0.6 is 11.6 Å². The molecule has 1 aromatic heterocycles. The van der Waals surface area contributed by atoms with Crippen molar-refractivity contribution in [3.8, 4) is 11.1 Å². The first-order valence-corrected chi connectivity index (χ1v) is 8.10. The van der Waals surface area contributed by atoms with Crippen LogP contribution in [0.3, 0.4) is 0 Å². The smallest absolute Gasteiger partial charge is 0.321 e. The molecule has 3 aromatic rings. The van der Waals surface area contributed by atoms with Crippen molar-refractivity contribution in [1.29, 1.82) is 0 Å². The minimum Gasteiger partial charge on any atom is -0.321 e. The predicted octanol–water partition coefficient (Wildman–Crippen LogP) is 5.04. The van der Waals surface area contributed by atoms with Crippen LogP contribution in [0.5, 0.6) is 0 Å². The molecule has 0 aliphatic carbocycles. The third-order valence-corrected chi connectivity index (χ3v) is 3.92. The van der Waals surface area contributed by atoms with Crippen molar-refractivity contribution in [2.45, 2.75) is 5.38 Å². The molecule has 0 bridgehead atoms. The molecule has 146 valence electrons. The highest BCUT2D eigenvalue weighted by Crippen LogP contribution is 2.35. The van der Waals surface area contributed by atoms with Crippen molar-refractivity contribution in [3.63, 3.8) is 0 Å².